The van der Waals surface area contributed by atoms with Crippen LogP contribution in [0.4, 0.5) is 0 Å². The summed E-state index contributed by atoms with van der Waals surface area (Å²) in [5.41, 5.74) is 0.155. The fourth-order valence-electron chi connectivity index (χ4n) is 3.94. The molecule has 2 aliphatic rings. The monoisotopic (exact) mass is 403 g/mol. The number of hydrogen-bond acceptors (Lipinski definition) is 5. The average molecular weight is 404 g/mol. The molecule has 2 fully saturated rings. The Morgan fingerprint density at radius 1 is 1.11 bits per heavy atom. The van der Waals surface area contributed by atoms with Crippen LogP contribution in [0.1, 0.15) is 45.4 Å². The molecule has 0 spiro atoms. The zero-order valence-electron chi connectivity index (χ0n) is 16.9. The first-order valence-corrected chi connectivity index (χ1v) is 12.1. The Morgan fingerprint density at radius 3 is 2.44 bits per heavy atom. The molecule has 0 unspecified atom stereocenters. The third kappa shape index (κ3) is 7.93. The second-order valence-electron chi connectivity index (χ2n) is 7.53. The number of aliphatic imine (C=N–C) groups is 1. The Balaban J connectivity index is 1.91. The van der Waals surface area contributed by atoms with Gasteiger partial charge < -0.3 is 15.4 Å². The molecule has 27 heavy (non-hydrogen) atoms. The summed E-state index contributed by atoms with van der Waals surface area (Å²) >= 11 is 0. The Bertz CT molecular complexity index is 555. The highest BCUT2D eigenvalue weighted by Crippen LogP contribution is 2.34. The molecule has 1 saturated carbocycles. The van der Waals surface area contributed by atoms with Gasteiger partial charge in [0, 0.05) is 38.3 Å². The number of guanidine groups is 1. The minimum atomic E-state index is -3.12. The quantitative estimate of drug-likeness (QED) is 0.295. The molecule has 9 heteroatoms. The number of nitrogens with one attached hydrogen (secondary N) is 3. The minimum absolute atomic E-state index is 0.155. The van der Waals surface area contributed by atoms with Crippen molar-refractivity contribution in [3.63, 3.8) is 0 Å². The van der Waals surface area contributed by atoms with E-state index >= 15 is 0 Å². The topological polar surface area (TPSA) is 95.1 Å². The van der Waals surface area contributed by atoms with Crippen molar-refractivity contribution in [2.45, 2.75) is 51.0 Å². The smallest absolute Gasteiger partial charge is 0.208 e. The summed E-state index contributed by atoms with van der Waals surface area (Å²) in [6, 6.07) is 0. The summed E-state index contributed by atoms with van der Waals surface area (Å²) in [7, 11) is -3.12. The van der Waals surface area contributed by atoms with Crippen LogP contribution in [0.2, 0.25) is 0 Å². The van der Waals surface area contributed by atoms with Gasteiger partial charge >= 0.3 is 0 Å². The van der Waals surface area contributed by atoms with E-state index in [1.807, 2.05) is 0 Å². The Kier molecular flexibility index (Phi) is 9.28. The molecule has 0 amide bonds. The van der Waals surface area contributed by atoms with E-state index in [9.17, 15) is 8.42 Å². The lowest BCUT2D eigenvalue weighted by Gasteiger charge is -2.47. The first-order valence-electron chi connectivity index (χ1n) is 10.2. The summed E-state index contributed by atoms with van der Waals surface area (Å²) in [5, 5.41) is 6.63. The van der Waals surface area contributed by atoms with Crippen molar-refractivity contribution in [3.05, 3.63) is 0 Å². The molecule has 2 rings (SSSR count). The van der Waals surface area contributed by atoms with Crippen LogP contribution in [0.15, 0.2) is 4.99 Å². The van der Waals surface area contributed by atoms with Crippen LogP contribution in [-0.2, 0) is 14.8 Å². The molecule has 3 N–H and O–H groups in total. The molecular formula is C18H37N5O3S. The van der Waals surface area contributed by atoms with Crippen molar-refractivity contribution in [1.82, 2.24) is 20.3 Å². The zero-order chi connectivity index (χ0) is 19.6. The van der Waals surface area contributed by atoms with Crippen molar-refractivity contribution >= 4 is 16.0 Å². The van der Waals surface area contributed by atoms with Crippen LogP contribution >= 0.6 is 0 Å². The Hall–Kier alpha value is -0.900. The molecule has 1 aliphatic carbocycles. The summed E-state index contributed by atoms with van der Waals surface area (Å²) in [6.07, 6.45) is 8.17. The van der Waals surface area contributed by atoms with E-state index < -0.39 is 10.0 Å². The average Bonchev–Trinajstić information content (AvgIpc) is 2.66. The predicted octanol–water partition coefficient (Wildman–Crippen LogP) is 0.516. The van der Waals surface area contributed by atoms with Gasteiger partial charge in [0.05, 0.1) is 26.0 Å². The van der Waals surface area contributed by atoms with Gasteiger partial charge in [0.1, 0.15) is 0 Å². The summed E-state index contributed by atoms with van der Waals surface area (Å²) in [5.74, 6) is 0.815. The largest absolute Gasteiger partial charge is 0.379 e. The summed E-state index contributed by atoms with van der Waals surface area (Å²) < 4.78 is 30.3. The van der Waals surface area contributed by atoms with Crippen LogP contribution < -0.4 is 15.4 Å². The molecule has 8 nitrogen and oxygen atoms in total. The minimum Gasteiger partial charge on any atom is -0.379 e. The van der Waals surface area contributed by atoms with Crippen LogP contribution in [0.3, 0.4) is 0 Å². The molecule has 0 aromatic heterocycles. The number of nitrogens with zero attached hydrogens (tertiary/aromatic N) is 2. The number of hydrogen-bond donors (Lipinski definition) is 3. The first-order chi connectivity index (χ1) is 13.0. The van der Waals surface area contributed by atoms with Gasteiger partial charge in [0.25, 0.3) is 0 Å². The van der Waals surface area contributed by atoms with E-state index in [0.29, 0.717) is 19.5 Å². The molecule has 0 bridgehead atoms. The second-order valence-corrected chi connectivity index (χ2v) is 9.36. The van der Waals surface area contributed by atoms with E-state index in [1.54, 1.807) is 0 Å². The standard InChI is InChI=1S/C18H37N5O3S/c1-3-19-17(20-10-7-11-22-27(2,24)25)21-16-18(8-5-4-6-9-18)23-12-14-26-15-13-23/h22H,3-16H2,1-2H3,(H2,19,20,21). The van der Waals surface area contributed by atoms with E-state index in [-0.39, 0.29) is 5.54 Å². The molecular weight excluding hydrogens is 366 g/mol. The van der Waals surface area contributed by atoms with Crippen molar-refractivity contribution < 1.29 is 13.2 Å². The third-order valence-corrected chi connectivity index (χ3v) is 6.08. The van der Waals surface area contributed by atoms with Crippen molar-refractivity contribution in [3.8, 4) is 0 Å². The van der Waals surface area contributed by atoms with Crippen molar-refractivity contribution in [2.75, 3.05) is 58.7 Å². The summed E-state index contributed by atoms with van der Waals surface area (Å²) in [4.78, 5) is 7.50. The highest BCUT2D eigenvalue weighted by Gasteiger charge is 2.38. The number of rotatable bonds is 9. The van der Waals surface area contributed by atoms with E-state index in [2.05, 4.69) is 27.2 Å². The summed E-state index contributed by atoms with van der Waals surface area (Å²) in [6.45, 7) is 8.39. The normalized spacial score (nSPS) is 21.8. The molecule has 0 aromatic carbocycles. The van der Waals surface area contributed by atoms with Gasteiger partial charge in [0.2, 0.25) is 10.0 Å². The highest BCUT2D eigenvalue weighted by molar-refractivity contribution is 7.88. The number of ether oxygens (including phenoxy) is 1. The fraction of sp³-hybridized carbons (Fsp3) is 0.944. The maximum Gasteiger partial charge on any atom is 0.208 e. The predicted molar refractivity (Wildman–Crippen MR) is 110 cm³/mol. The van der Waals surface area contributed by atoms with Gasteiger partial charge in [0.15, 0.2) is 5.96 Å². The highest BCUT2D eigenvalue weighted by atomic mass is 32.2. The van der Waals surface area contributed by atoms with Gasteiger partial charge in [-0.3, -0.25) is 9.89 Å². The molecule has 1 saturated heterocycles. The lowest BCUT2D eigenvalue weighted by molar-refractivity contribution is -0.0333. The van der Waals surface area contributed by atoms with Crippen LogP contribution in [-0.4, -0.2) is 83.6 Å². The fourth-order valence-corrected chi connectivity index (χ4v) is 4.46. The maximum atomic E-state index is 11.1. The van der Waals surface area contributed by atoms with Gasteiger partial charge in [-0.2, -0.15) is 0 Å². The van der Waals surface area contributed by atoms with Gasteiger partial charge in [-0.25, -0.2) is 13.1 Å². The molecule has 0 radical (unpaired) electrons. The van der Waals surface area contributed by atoms with E-state index in [1.165, 1.54) is 38.4 Å². The van der Waals surface area contributed by atoms with Crippen molar-refractivity contribution in [2.24, 2.45) is 4.99 Å². The van der Waals surface area contributed by atoms with E-state index in [0.717, 1.165) is 45.4 Å². The molecule has 0 atom stereocenters. The SMILES string of the molecule is CCNC(=NCC1(N2CCOCC2)CCCCC1)NCCCNS(C)(=O)=O. The molecule has 1 heterocycles. The second kappa shape index (κ2) is 11.2. The van der Waals surface area contributed by atoms with Crippen LogP contribution in [0.25, 0.3) is 0 Å². The molecule has 1 aliphatic heterocycles. The molecule has 0 aromatic rings. The molecule has 158 valence electrons. The first kappa shape index (κ1) is 22.4. The van der Waals surface area contributed by atoms with Gasteiger partial charge in [-0.05, 0) is 26.2 Å². The lowest BCUT2D eigenvalue weighted by Crippen LogP contribution is -2.56. The number of sulfonamides is 1. The Labute approximate surface area is 164 Å². The zero-order valence-corrected chi connectivity index (χ0v) is 17.7. The van der Waals surface area contributed by atoms with Crippen LogP contribution in [0, 0.1) is 0 Å². The van der Waals surface area contributed by atoms with Crippen molar-refractivity contribution in [1.29, 1.82) is 0 Å². The van der Waals surface area contributed by atoms with Gasteiger partial charge in [-0.1, -0.05) is 19.3 Å². The maximum absolute atomic E-state index is 11.1. The lowest BCUT2D eigenvalue weighted by atomic mass is 9.80. The number of morpholine rings is 1. The third-order valence-electron chi connectivity index (χ3n) is 5.35. The van der Waals surface area contributed by atoms with Crippen LogP contribution in [0.5, 0.6) is 0 Å². The van der Waals surface area contributed by atoms with E-state index in [4.69, 9.17) is 9.73 Å². The van der Waals surface area contributed by atoms with Gasteiger partial charge in [-0.15, -0.1) is 0 Å². The Morgan fingerprint density at radius 2 is 1.81 bits per heavy atom.